The molecular formula is C20H18N4OS2. The summed E-state index contributed by atoms with van der Waals surface area (Å²) in [6, 6.07) is 16.0. The van der Waals surface area contributed by atoms with Crippen molar-refractivity contribution >= 4 is 33.3 Å². The number of aromatic nitrogens is 4. The lowest BCUT2D eigenvalue weighted by Crippen LogP contribution is -2.17. The summed E-state index contributed by atoms with van der Waals surface area (Å²) in [6.07, 6.45) is 1.85. The van der Waals surface area contributed by atoms with Gasteiger partial charge in [-0.1, -0.05) is 59.5 Å². The number of aryl methyl sites for hydroxylation is 1. The maximum absolute atomic E-state index is 12.5. The van der Waals surface area contributed by atoms with Gasteiger partial charge >= 0.3 is 4.87 Å². The zero-order valence-corrected chi connectivity index (χ0v) is 16.5. The van der Waals surface area contributed by atoms with E-state index in [1.807, 2.05) is 47.0 Å². The van der Waals surface area contributed by atoms with E-state index in [2.05, 4.69) is 35.8 Å². The van der Waals surface area contributed by atoms with Gasteiger partial charge < -0.3 is 0 Å². The molecule has 0 atom stereocenters. The van der Waals surface area contributed by atoms with Gasteiger partial charge in [-0.2, -0.15) is 0 Å². The van der Waals surface area contributed by atoms with Gasteiger partial charge in [-0.25, -0.2) is 0 Å². The second kappa shape index (κ2) is 7.54. The first-order chi connectivity index (χ1) is 13.2. The molecule has 0 aliphatic carbocycles. The Morgan fingerprint density at radius 3 is 2.74 bits per heavy atom. The molecule has 0 unspecified atom stereocenters. The quantitative estimate of drug-likeness (QED) is 0.362. The zero-order chi connectivity index (χ0) is 18.8. The number of para-hydroxylation sites is 2. The van der Waals surface area contributed by atoms with Gasteiger partial charge in [0.05, 0.1) is 22.4 Å². The molecule has 0 aliphatic heterocycles. The van der Waals surface area contributed by atoms with E-state index in [-0.39, 0.29) is 4.87 Å². The Morgan fingerprint density at radius 2 is 1.93 bits per heavy atom. The molecule has 0 N–H and O–H groups in total. The molecule has 136 valence electrons. The number of rotatable bonds is 6. The summed E-state index contributed by atoms with van der Waals surface area (Å²) in [6.45, 7) is 6.22. The Balaban J connectivity index is 1.84. The van der Waals surface area contributed by atoms with Crippen LogP contribution in [0.3, 0.4) is 0 Å². The molecule has 0 spiro atoms. The molecule has 7 heteroatoms. The summed E-state index contributed by atoms with van der Waals surface area (Å²) in [5.74, 6) is 1.48. The van der Waals surface area contributed by atoms with Crippen molar-refractivity contribution in [2.24, 2.45) is 0 Å². The lowest BCUT2D eigenvalue weighted by molar-refractivity contribution is 0.724. The molecule has 0 fully saturated rings. The minimum atomic E-state index is 0.0100. The van der Waals surface area contributed by atoms with Crippen molar-refractivity contribution in [1.29, 1.82) is 0 Å². The van der Waals surface area contributed by atoms with Gasteiger partial charge in [-0.05, 0) is 30.7 Å². The Kier molecular flexibility index (Phi) is 4.96. The van der Waals surface area contributed by atoms with E-state index in [0.717, 1.165) is 38.2 Å². The monoisotopic (exact) mass is 394 g/mol. The molecule has 2 aromatic heterocycles. The highest BCUT2D eigenvalue weighted by molar-refractivity contribution is 7.99. The minimum absolute atomic E-state index is 0.0100. The first-order valence-corrected chi connectivity index (χ1v) is 10.3. The van der Waals surface area contributed by atoms with E-state index in [0.29, 0.717) is 6.54 Å². The number of thioether (sulfide) groups is 1. The predicted molar refractivity (Wildman–Crippen MR) is 112 cm³/mol. The molecule has 4 aromatic rings. The summed E-state index contributed by atoms with van der Waals surface area (Å²) in [7, 11) is 0. The standard InChI is InChI=1S/C20H18N4OS2/c1-3-12-26-19-22-21-18(24(19)15-9-5-4-8-14(15)2)13-23-16-10-6-7-11-17(16)27-20(23)25/h3-11H,1,12-13H2,2H3. The second-order valence-corrected chi connectivity index (χ2v) is 8.02. The minimum Gasteiger partial charge on any atom is -0.291 e. The zero-order valence-electron chi connectivity index (χ0n) is 14.8. The van der Waals surface area contributed by atoms with Gasteiger partial charge in [0.2, 0.25) is 0 Å². The molecule has 2 heterocycles. The van der Waals surface area contributed by atoms with Crippen molar-refractivity contribution < 1.29 is 0 Å². The maximum Gasteiger partial charge on any atom is 0.308 e. The Morgan fingerprint density at radius 1 is 1.15 bits per heavy atom. The van der Waals surface area contributed by atoms with Crippen LogP contribution in [0.1, 0.15) is 11.4 Å². The van der Waals surface area contributed by atoms with E-state index < -0.39 is 0 Å². The molecule has 0 saturated heterocycles. The van der Waals surface area contributed by atoms with Crippen LogP contribution in [0, 0.1) is 6.92 Å². The number of thiazole rings is 1. The lowest BCUT2D eigenvalue weighted by Gasteiger charge is -2.13. The predicted octanol–water partition coefficient (Wildman–Crippen LogP) is 4.28. The molecule has 0 bridgehead atoms. The highest BCUT2D eigenvalue weighted by atomic mass is 32.2. The van der Waals surface area contributed by atoms with Crippen LogP contribution in [0.2, 0.25) is 0 Å². The third-order valence-corrected chi connectivity index (χ3v) is 6.15. The fourth-order valence-electron chi connectivity index (χ4n) is 2.99. The van der Waals surface area contributed by atoms with Gasteiger partial charge in [0.15, 0.2) is 11.0 Å². The molecule has 0 aliphatic rings. The van der Waals surface area contributed by atoms with E-state index in [4.69, 9.17) is 0 Å². The van der Waals surface area contributed by atoms with Gasteiger partial charge in [0.25, 0.3) is 0 Å². The number of hydrogen-bond acceptors (Lipinski definition) is 5. The highest BCUT2D eigenvalue weighted by Crippen LogP contribution is 2.25. The normalized spacial score (nSPS) is 11.1. The topological polar surface area (TPSA) is 52.7 Å². The van der Waals surface area contributed by atoms with Crippen molar-refractivity contribution in [2.75, 3.05) is 5.75 Å². The Labute approximate surface area is 165 Å². The molecule has 2 aromatic carbocycles. The Bertz CT molecular complexity index is 1170. The van der Waals surface area contributed by atoms with Crippen LogP contribution in [0.25, 0.3) is 15.9 Å². The maximum atomic E-state index is 12.5. The first kappa shape index (κ1) is 17.8. The first-order valence-electron chi connectivity index (χ1n) is 8.51. The van der Waals surface area contributed by atoms with Crippen LogP contribution < -0.4 is 4.87 Å². The average Bonchev–Trinajstić information content (AvgIpc) is 3.22. The average molecular weight is 395 g/mol. The van der Waals surface area contributed by atoms with Crippen LogP contribution in [0.5, 0.6) is 0 Å². The summed E-state index contributed by atoms with van der Waals surface area (Å²) < 4.78 is 4.79. The van der Waals surface area contributed by atoms with Crippen molar-refractivity contribution in [3.63, 3.8) is 0 Å². The molecule has 0 amide bonds. The Hall–Kier alpha value is -2.64. The van der Waals surface area contributed by atoms with Gasteiger partial charge in [-0.15, -0.1) is 16.8 Å². The second-order valence-electron chi connectivity index (χ2n) is 6.04. The molecule has 4 rings (SSSR count). The van der Waals surface area contributed by atoms with Crippen LogP contribution in [-0.2, 0) is 6.54 Å². The smallest absolute Gasteiger partial charge is 0.291 e. The highest BCUT2D eigenvalue weighted by Gasteiger charge is 2.18. The van der Waals surface area contributed by atoms with Crippen molar-refractivity contribution in [1.82, 2.24) is 19.3 Å². The number of benzene rings is 2. The third-order valence-electron chi connectivity index (χ3n) is 4.26. The third kappa shape index (κ3) is 3.36. The van der Waals surface area contributed by atoms with Crippen LogP contribution in [0.15, 0.2) is 71.1 Å². The summed E-state index contributed by atoms with van der Waals surface area (Å²) in [5.41, 5.74) is 3.07. The summed E-state index contributed by atoms with van der Waals surface area (Å²) in [4.78, 5) is 12.6. The van der Waals surface area contributed by atoms with Crippen molar-refractivity contribution in [2.45, 2.75) is 18.6 Å². The fourth-order valence-corrected chi connectivity index (χ4v) is 4.58. The van der Waals surface area contributed by atoms with Gasteiger partial charge in [-0.3, -0.25) is 13.9 Å². The van der Waals surface area contributed by atoms with E-state index in [1.54, 1.807) is 16.3 Å². The van der Waals surface area contributed by atoms with E-state index in [1.165, 1.54) is 11.3 Å². The summed E-state index contributed by atoms with van der Waals surface area (Å²) >= 11 is 2.83. The molecule has 27 heavy (non-hydrogen) atoms. The number of hydrogen-bond donors (Lipinski definition) is 0. The fraction of sp³-hybridized carbons (Fsp3) is 0.150. The van der Waals surface area contributed by atoms with Crippen LogP contribution in [-0.4, -0.2) is 25.1 Å². The number of fused-ring (bicyclic) bond motifs is 1. The van der Waals surface area contributed by atoms with E-state index in [9.17, 15) is 4.79 Å². The lowest BCUT2D eigenvalue weighted by atomic mass is 10.2. The molecule has 0 radical (unpaired) electrons. The molecule has 0 saturated carbocycles. The van der Waals surface area contributed by atoms with Gasteiger partial charge in [0, 0.05) is 5.75 Å². The van der Waals surface area contributed by atoms with Crippen LogP contribution >= 0.6 is 23.1 Å². The molecule has 5 nitrogen and oxygen atoms in total. The van der Waals surface area contributed by atoms with Crippen LogP contribution in [0.4, 0.5) is 0 Å². The largest absolute Gasteiger partial charge is 0.308 e. The SMILES string of the molecule is C=CCSc1nnc(Cn2c(=O)sc3ccccc32)n1-c1ccccc1C. The molecular weight excluding hydrogens is 376 g/mol. The van der Waals surface area contributed by atoms with Gasteiger partial charge in [0.1, 0.15) is 0 Å². The number of nitrogens with zero attached hydrogens (tertiary/aromatic N) is 4. The summed E-state index contributed by atoms with van der Waals surface area (Å²) in [5, 5.41) is 9.59. The van der Waals surface area contributed by atoms with E-state index >= 15 is 0 Å². The van der Waals surface area contributed by atoms with Crippen molar-refractivity contribution in [3.8, 4) is 5.69 Å². The van der Waals surface area contributed by atoms with Crippen molar-refractivity contribution in [3.05, 3.63) is 82.2 Å².